The first-order chi connectivity index (χ1) is 16.4. The predicted octanol–water partition coefficient (Wildman–Crippen LogP) is 1.25. The Morgan fingerprint density at radius 2 is 1.82 bits per heavy atom. The third-order valence-electron chi connectivity index (χ3n) is 7.85. The molecule has 2 aromatic rings. The number of nitrogens with zero attached hydrogens (tertiary/aromatic N) is 3. The quantitative estimate of drug-likeness (QED) is 0.591. The number of carbonyl (C=O) groups is 2. The zero-order valence-corrected chi connectivity index (χ0v) is 19.9. The van der Waals surface area contributed by atoms with E-state index in [1.54, 1.807) is 16.2 Å². The molecule has 0 spiro atoms. The van der Waals surface area contributed by atoms with Crippen LogP contribution in [-0.2, 0) is 21.4 Å². The van der Waals surface area contributed by atoms with Crippen LogP contribution in [0.4, 0.5) is 0 Å². The van der Waals surface area contributed by atoms with E-state index in [0.29, 0.717) is 31.6 Å². The van der Waals surface area contributed by atoms with Gasteiger partial charge in [0.2, 0.25) is 11.8 Å². The number of imide groups is 1. The van der Waals surface area contributed by atoms with Crippen LogP contribution in [0.15, 0.2) is 23.0 Å². The number of ether oxygens (including phenoxy) is 1. The molecule has 3 heterocycles. The second kappa shape index (κ2) is 9.64. The van der Waals surface area contributed by atoms with Crippen molar-refractivity contribution >= 4 is 22.8 Å². The van der Waals surface area contributed by atoms with E-state index >= 15 is 0 Å². The van der Waals surface area contributed by atoms with Gasteiger partial charge in [-0.1, -0.05) is 6.07 Å². The topological polar surface area (TPSA) is 112 Å². The number of hydrogen-bond acceptors (Lipinski definition) is 6. The number of likely N-dealkylation sites (tertiary alicyclic amines) is 1. The molecular formula is C25H35N5O4. The highest BCUT2D eigenvalue weighted by atomic mass is 16.5. The van der Waals surface area contributed by atoms with Crippen LogP contribution in [0.2, 0.25) is 0 Å². The molecule has 184 valence electrons. The molecule has 3 N–H and O–H groups in total. The smallest absolute Gasteiger partial charge is 0.329 e. The van der Waals surface area contributed by atoms with Crippen molar-refractivity contribution in [2.45, 2.75) is 56.6 Å². The molecule has 1 atom stereocenters. The SMILES string of the molecule is Cn1c(=O)n(C2CCC(=O)NC2=O)c2ccc(C3CN(C[C@H]4CC[C@H](OCCN)CC4)C3)cc21. The summed E-state index contributed by atoms with van der Waals surface area (Å²) >= 11 is 0. The number of nitrogens with two attached hydrogens (primary N) is 1. The number of fused-ring (bicyclic) bond motifs is 1. The average Bonchev–Trinajstić information content (AvgIpc) is 3.05. The third-order valence-corrected chi connectivity index (χ3v) is 7.85. The summed E-state index contributed by atoms with van der Waals surface area (Å²) in [7, 11) is 1.75. The van der Waals surface area contributed by atoms with E-state index in [0.717, 1.165) is 49.4 Å². The fraction of sp³-hybridized carbons (Fsp3) is 0.640. The standard InChI is InChI=1S/C25H35N5O4/c1-28-22-12-17(4-7-20(22)30(25(28)33)21-8-9-23(31)27-24(21)32)18-14-29(15-18)13-16-2-5-19(6-3-16)34-11-10-26/h4,7,12,16,18-19,21H,2-3,5-6,8-11,13-15,26H2,1H3,(H,27,31,32)/t16-,19-,21?. The number of imidazole rings is 1. The molecule has 9 nitrogen and oxygen atoms in total. The number of amides is 2. The Labute approximate surface area is 199 Å². The van der Waals surface area contributed by atoms with E-state index < -0.39 is 11.9 Å². The Hall–Kier alpha value is -2.49. The number of hydrogen-bond donors (Lipinski definition) is 2. The second-order valence-electron chi connectivity index (χ2n) is 10.1. The van der Waals surface area contributed by atoms with Gasteiger partial charge in [-0.15, -0.1) is 0 Å². The molecule has 2 aliphatic heterocycles. The lowest BCUT2D eigenvalue weighted by molar-refractivity contribution is -0.135. The Kier molecular flexibility index (Phi) is 6.59. The van der Waals surface area contributed by atoms with Gasteiger partial charge >= 0.3 is 5.69 Å². The molecule has 1 saturated carbocycles. The zero-order chi connectivity index (χ0) is 23.8. The molecule has 0 radical (unpaired) electrons. The molecule has 2 amide bonds. The van der Waals surface area contributed by atoms with Crippen molar-refractivity contribution < 1.29 is 14.3 Å². The Morgan fingerprint density at radius 1 is 1.06 bits per heavy atom. The molecule has 34 heavy (non-hydrogen) atoms. The van der Waals surface area contributed by atoms with Gasteiger partial charge in [0.25, 0.3) is 0 Å². The van der Waals surface area contributed by atoms with Gasteiger partial charge in [-0.3, -0.25) is 24.0 Å². The molecule has 2 saturated heterocycles. The summed E-state index contributed by atoms with van der Waals surface area (Å²) < 4.78 is 8.96. The van der Waals surface area contributed by atoms with Crippen LogP contribution in [0.1, 0.15) is 56.0 Å². The fourth-order valence-electron chi connectivity index (χ4n) is 5.87. The lowest BCUT2D eigenvalue weighted by Crippen LogP contribution is -2.47. The van der Waals surface area contributed by atoms with Gasteiger partial charge in [0.15, 0.2) is 0 Å². The summed E-state index contributed by atoms with van der Waals surface area (Å²) in [5.41, 5.74) is 8.14. The van der Waals surface area contributed by atoms with E-state index in [2.05, 4.69) is 22.3 Å². The summed E-state index contributed by atoms with van der Waals surface area (Å²) in [6.07, 6.45) is 5.70. The van der Waals surface area contributed by atoms with Crippen LogP contribution in [0.3, 0.4) is 0 Å². The van der Waals surface area contributed by atoms with Crippen molar-refractivity contribution in [2.24, 2.45) is 18.7 Å². The maximum atomic E-state index is 13.0. The summed E-state index contributed by atoms with van der Waals surface area (Å²) in [5.74, 6) is 0.524. The molecule has 1 unspecified atom stereocenters. The van der Waals surface area contributed by atoms with Gasteiger partial charge < -0.3 is 15.4 Å². The first kappa shape index (κ1) is 23.3. The van der Waals surface area contributed by atoms with Crippen LogP contribution in [-0.4, -0.2) is 64.7 Å². The largest absolute Gasteiger partial charge is 0.377 e. The van der Waals surface area contributed by atoms with Crippen molar-refractivity contribution in [3.05, 3.63) is 34.2 Å². The van der Waals surface area contributed by atoms with Crippen LogP contribution >= 0.6 is 0 Å². The maximum absolute atomic E-state index is 13.0. The number of benzene rings is 1. The van der Waals surface area contributed by atoms with Crippen LogP contribution < -0.4 is 16.7 Å². The molecule has 1 aliphatic carbocycles. The van der Waals surface area contributed by atoms with E-state index in [1.165, 1.54) is 18.4 Å². The zero-order valence-electron chi connectivity index (χ0n) is 19.9. The number of aryl methyl sites for hydroxylation is 1. The minimum atomic E-state index is -0.644. The molecule has 1 aromatic carbocycles. The van der Waals surface area contributed by atoms with Crippen molar-refractivity contribution in [1.82, 2.24) is 19.4 Å². The summed E-state index contributed by atoms with van der Waals surface area (Å²) in [4.78, 5) is 39.4. The van der Waals surface area contributed by atoms with E-state index in [9.17, 15) is 14.4 Å². The molecular weight excluding hydrogens is 434 g/mol. The summed E-state index contributed by atoms with van der Waals surface area (Å²) in [6, 6.07) is 5.50. The summed E-state index contributed by atoms with van der Waals surface area (Å²) in [5, 5.41) is 2.36. The normalized spacial score (nSPS) is 26.6. The van der Waals surface area contributed by atoms with Crippen molar-refractivity contribution in [2.75, 3.05) is 32.8 Å². The number of nitrogens with one attached hydrogen (secondary N) is 1. The number of aromatic nitrogens is 2. The van der Waals surface area contributed by atoms with Gasteiger partial charge in [-0.2, -0.15) is 0 Å². The van der Waals surface area contributed by atoms with Crippen LogP contribution in [0, 0.1) is 5.92 Å². The van der Waals surface area contributed by atoms with E-state index in [-0.39, 0.29) is 18.0 Å². The van der Waals surface area contributed by atoms with Crippen molar-refractivity contribution in [1.29, 1.82) is 0 Å². The van der Waals surface area contributed by atoms with Crippen molar-refractivity contribution in [3.63, 3.8) is 0 Å². The molecule has 3 aliphatic rings. The first-order valence-electron chi connectivity index (χ1n) is 12.5. The minimum Gasteiger partial charge on any atom is -0.377 e. The Bertz CT molecular complexity index is 1120. The molecule has 9 heteroatoms. The van der Waals surface area contributed by atoms with E-state index in [1.807, 2.05) is 6.07 Å². The molecule has 0 bridgehead atoms. The van der Waals surface area contributed by atoms with Gasteiger partial charge in [-0.25, -0.2) is 4.79 Å². The summed E-state index contributed by atoms with van der Waals surface area (Å²) in [6.45, 7) is 4.48. The lowest BCUT2D eigenvalue weighted by Gasteiger charge is -2.42. The van der Waals surface area contributed by atoms with Crippen molar-refractivity contribution in [3.8, 4) is 0 Å². The maximum Gasteiger partial charge on any atom is 0.329 e. The highest BCUT2D eigenvalue weighted by Crippen LogP contribution is 2.33. The molecule has 1 aromatic heterocycles. The fourth-order valence-corrected chi connectivity index (χ4v) is 5.87. The predicted molar refractivity (Wildman–Crippen MR) is 129 cm³/mol. The van der Waals surface area contributed by atoms with Gasteiger partial charge in [0, 0.05) is 45.6 Å². The average molecular weight is 470 g/mol. The van der Waals surface area contributed by atoms with Crippen LogP contribution in [0.25, 0.3) is 11.0 Å². The first-order valence-corrected chi connectivity index (χ1v) is 12.5. The Morgan fingerprint density at radius 3 is 2.53 bits per heavy atom. The monoisotopic (exact) mass is 469 g/mol. The van der Waals surface area contributed by atoms with E-state index in [4.69, 9.17) is 10.5 Å². The van der Waals surface area contributed by atoms with Crippen LogP contribution in [0.5, 0.6) is 0 Å². The highest BCUT2D eigenvalue weighted by Gasteiger charge is 2.33. The second-order valence-corrected chi connectivity index (χ2v) is 10.1. The number of rotatable bonds is 7. The number of piperidine rings is 1. The highest BCUT2D eigenvalue weighted by molar-refractivity contribution is 6.00. The molecule has 5 rings (SSSR count). The van der Waals surface area contributed by atoms with Gasteiger partial charge in [0.1, 0.15) is 6.04 Å². The third kappa shape index (κ3) is 4.44. The lowest BCUT2D eigenvalue weighted by atomic mass is 9.84. The van der Waals surface area contributed by atoms with Gasteiger partial charge in [0.05, 0.1) is 23.7 Å². The minimum absolute atomic E-state index is 0.220. The number of carbonyl (C=O) groups excluding carboxylic acids is 2. The van der Waals surface area contributed by atoms with Gasteiger partial charge in [-0.05, 0) is 55.7 Å². The Balaban J connectivity index is 1.22. The molecule has 3 fully saturated rings.